The van der Waals surface area contributed by atoms with Crippen molar-refractivity contribution in [1.82, 2.24) is 0 Å². The average molecular weight is 371 g/mol. The number of benzene rings is 1. The predicted molar refractivity (Wildman–Crippen MR) is 71.4 cm³/mol. The quantitative estimate of drug-likeness (QED) is 0.782. The largest absolute Gasteiger partial charge is 0.466 e. The summed E-state index contributed by atoms with van der Waals surface area (Å²) in [6.07, 6.45) is -7.94. The van der Waals surface area contributed by atoms with E-state index in [1.165, 1.54) is 0 Å². The number of aliphatic hydroxyl groups excluding tert-OH is 2. The van der Waals surface area contributed by atoms with Gasteiger partial charge >= 0.3 is 12.1 Å². The lowest BCUT2D eigenvalue weighted by molar-refractivity contribution is -0.147. The van der Waals surface area contributed by atoms with Gasteiger partial charge in [0.25, 0.3) is 0 Å². The average Bonchev–Trinajstić information content (AvgIpc) is 2.36. The van der Waals surface area contributed by atoms with Crippen LogP contribution in [0.15, 0.2) is 22.7 Å². The second-order valence-corrected chi connectivity index (χ2v) is 5.11. The summed E-state index contributed by atoms with van der Waals surface area (Å²) in [7, 11) is 0. The first-order valence-corrected chi connectivity index (χ1v) is 6.84. The first-order valence-electron chi connectivity index (χ1n) is 6.05. The lowest BCUT2D eigenvalue weighted by Crippen LogP contribution is -2.23. The zero-order valence-corrected chi connectivity index (χ0v) is 12.6. The van der Waals surface area contributed by atoms with E-state index < -0.39 is 36.3 Å². The third-order valence-electron chi connectivity index (χ3n) is 2.69. The zero-order valence-electron chi connectivity index (χ0n) is 11.0. The maximum absolute atomic E-state index is 12.5. The van der Waals surface area contributed by atoms with Crippen LogP contribution in [0.4, 0.5) is 13.2 Å². The smallest absolute Gasteiger partial charge is 0.416 e. The van der Waals surface area contributed by atoms with Crippen LogP contribution in [-0.2, 0) is 15.7 Å². The Morgan fingerprint density at radius 3 is 2.48 bits per heavy atom. The molecule has 2 N–H and O–H groups in total. The topological polar surface area (TPSA) is 66.8 Å². The summed E-state index contributed by atoms with van der Waals surface area (Å²) in [6, 6.07) is 2.64. The summed E-state index contributed by atoms with van der Waals surface area (Å²) in [5, 5.41) is 19.6. The van der Waals surface area contributed by atoms with Crippen LogP contribution in [0.2, 0.25) is 0 Å². The summed E-state index contributed by atoms with van der Waals surface area (Å²) < 4.78 is 42.2. The molecule has 0 aliphatic rings. The van der Waals surface area contributed by atoms with Gasteiger partial charge in [-0.05, 0) is 24.6 Å². The summed E-state index contributed by atoms with van der Waals surface area (Å²) in [6.45, 7) is 1.72. The van der Waals surface area contributed by atoms with Crippen molar-refractivity contribution in [1.29, 1.82) is 0 Å². The first kappa shape index (κ1) is 17.9. The summed E-state index contributed by atoms with van der Waals surface area (Å²) in [4.78, 5) is 11.2. The maximum atomic E-state index is 12.5. The fraction of sp³-hybridized carbons (Fsp3) is 0.462. The third kappa shape index (κ3) is 4.98. The number of hydrogen-bond donors (Lipinski definition) is 2. The van der Waals surface area contributed by atoms with Crippen molar-refractivity contribution in [2.45, 2.75) is 31.7 Å². The van der Waals surface area contributed by atoms with Crippen LogP contribution in [0.3, 0.4) is 0 Å². The second-order valence-electron chi connectivity index (χ2n) is 4.26. The molecule has 0 fully saturated rings. The predicted octanol–water partition coefficient (Wildman–Crippen LogP) is 2.82. The standard InChI is InChI=1S/C13H14BrF3O4/c1-2-21-11(19)6-10(18)12(20)8-4-3-7(5-9(8)14)13(15,16)17/h3-5,10,12,18,20H,2,6H2,1H3. The third-order valence-corrected chi connectivity index (χ3v) is 3.38. The molecule has 0 radical (unpaired) electrons. The number of aliphatic hydroxyl groups is 2. The van der Waals surface area contributed by atoms with Crippen molar-refractivity contribution < 1.29 is 32.9 Å². The summed E-state index contributed by atoms with van der Waals surface area (Å²) in [5.74, 6) is -0.702. The molecule has 8 heteroatoms. The molecule has 1 rings (SSSR count). The number of carbonyl (C=O) groups excluding carboxylic acids is 1. The number of carbonyl (C=O) groups is 1. The summed E-state index contributed by atoms with van der Waals surface area (Å²) in [5.41, 5.74) is -0.829. The van der Waals surface area contributed by atoms with E-state index in [-0.39, 0.29) is 16.6 Å². The monoisotopic (exact) mass is 370 g/mol. The van der Waals surface area contributed by atoms with E-state index in [1.807, 2.05) is 0 Å². The van der Waals surface area contributed by atoms with Gasteiger partial charge in [0.2, 0.25) is 0 Å². The molecule has 0 bridgehead atoms. The minimum atomic E-state index is -4.50. The van der Waals surface area contributed by atoms with Crippen molar-refractivity contribution in [2.75, 3.05) is 6.61 Å². The van der Waals surface area contributed by atoms with E-state index in [9.17, 15) is 28.2 Å². The Bertz CT molecular complexity index is 505. The number of halogens is 4. The number of alkyl halides is 3. The minimum absolute atomic E-state index is 0.00673. The van der Waals surface area contributed by atoms with E-state index in [0.717, 1.165) is 18.2 Å². The van der Waals surface area contributed by atoms with Gasteiger partial charge in [0.1, 0.15) is 6.10 Å². The Balaban J connectivity index is 2.87. The Kier molecular flexibility index (Phi) is 6.18. The molecule has 0 aliphatic carbocycles. The van der Waals surface area contributed by atoms with E-state index in [0.29, 0.717) is 0 Å². The van der Waals surface area contributed by atoms with Gasteiger partial charge in [-0.15, -0.1) is 0 Å². The van der Waals surface area contributed by atoms with Crippen LogP contribution in [0.25, 0.3) is 0 Å². The highest BCUT2D eigenvalue weighted by molar-refractivity contribution is 9.10. The molecule has 0 heterocycles. The molecular formula is C13H14BrF3O4. The van der Waals surface area contributed by atoms with Crippen LogP contribution >= 0.6 is 15.9 Å². The normalized spacial score (nSPS) is 14.6. The maximum Gasteiger partial charge on any atom is 0.416 e. The molecule has 0 amide bonds. The summed E-state index contributed by atoms with van der Waals surface area (Å²) >= 11 is 2.92. The van der Waals surface area contributed by atoms with Crippen LogP contribution in [0, 0.1) is 0 Å². The van der Waals surface area contributed by atoms with Crippen molar-refractivity contribution in [3.8, 4) is 0 Å². The molecule has 118 valence electrons. The van der Waals surface area contributed by atoms with Gasteiger partial charge < -0.3 is 14.9 Å². The van der Waals surface area contributed by atoms with Gasteiger partial charge in [0.15, 0.2) is 0 Å². The van der Waals surface area contributed by atoms with Crippen molar-refractivity contribution in [3.63, 3.8) is 0 Å². The lowest BCUT2D eigenvalue weighted by Gasteiger charge is -2.19. The Morgan fingerprint density at radius 2 is 2.00 bits per heavy atom. The van der Waals surface area contributed by atoms with Crippen LogP contribution < -0.4 is 0 Å². The molecule has 0 saturated carbocycles. The fourth-order valence-electron chi connectivity index (χ4n) is 1.65. The van der Waals surface area contributed by atoms with Crippen LogP contribution in [0.1, 0.15) is 30.6 Å². The second kappa shape index (κ2) is 7.24. The van der Waals surface area contributed by atoms with Crippen molar-refractivity contribution in [3.05, 3.63) is 33.8 Å². The molecule has 2 unspecified atom stereocenters. The van der Waals surface area contributed by atoms with Crippen LogP contribution in [-0.4, -0.2) is 28.9 Å². The fourth-order valence-corrected chi connectivity index (χ4v) is 2.27. The van der Waals surface area contributed by atoms with E-state index >= 15 is 0 Å². The van der Waals surface area contributed by atoms with Gasteiger partial charge in [0, 0.05) is 4.47 Å². The van der Waals surface area contributed by atoms with Crippen molar-refractivity contribution in [2.24, 2.45) is 0 Å². The molecule has 1 aromatic carbocycles. The van der Waals surface area contributed by atoms with E-state index in [2.05, 4.69) is 20.7 Å². The highest BCUT2D eigenvalue weighted by Gasteiger charge is 2.32. The molecule has 21 heavy (non-hydrogen) atoms. The molecule has 0 spiro atoms. The minimum Gasteiger partial charge on any atom is -0.466 e. The van der Waals surface area contributed by atoms with Gasteiger partial charge in [-0.2, -0.15) is 13.2 Å². The Hall–Kier alpha value is -1.12. The van der Waals surface area contributed by atoms with Crippen LogP contribution in [0.5, 0.6) is 0 Å². The molecule has 4 nitrogen and oxygen atoms in total. The molecule has 0 aliphatic heterocycles. The molecule has 0 aromatic heterocycles. The van der Waals surface area contributed by atoms with Gasteiger partial charge in [-0.1, -0.05) is 22.0 Å². The number of rotatable bonds is 5. The highest BCUT2D eigenvalue weighted by atomic mass is 79.9. The van der Waals surface area contributed by atoms with E-state index in [4.69, 9.17) is 0 Å². The number of hydrogen-bond acceptors (Lipinski definition) is 4. The Morgan fingerprint density at radius 1 is 1.38 bits per heavy atom. The first-order chi connectivity index (χ1) is 9.66. The lowest BCUT2D eigenvalue weighted by atomic mass is 10.0. The molecular weight excluding hydrogens is 357 g/mol. The van der Waals surface area contributed by atoms with Gasteiger partial charge in [0.05, 0.1) is 24.7 Å². The zero-order chi connectivity index (χ0) is 16.2. The Labute approximate surface area is 127 Å². The number of esters is 1. The number of ether oxygens (including phenoxy) is 1. The highest BCUT2D eigenvalue weighted by Crippen LogP contribution is 2.34. The van der Waals surface area contributed by atoms with Gasteiger partial charge in [-0.3, -0.25) is 4.79 Å². The molecule has 2 atom stereocenters. The SMILES string of the molecule is CCOC(=O)CC(O)C(O)c1ccc(C(F)(F)F)cc1Br. The van der Waals surface area contributed by atoms with E-state index in [1.54, 1.807) is 6.92 Å². The van der Waals surface area contributed by atoms with Gasteiger partial charge in [-0.25, -0.2) is 0 Å². The van der Waals surface area contributed by atoms with Crippen molar-refractivity contribution >= 4 is 21.9 Å². The molecule has 1 aromatic rings. The molecule has 0 saturated heterocycles.